The third-order valence-electron chi connectivity index (χ3n) is 6.81. The molecule has 2 aliphatic heterocycles. The van der Waals surface area contributed by atoms with Crippen LogP contribution in [0.25, 0.3) is 6.08 Å². The van der Waals surface area contributed by atoms with Crippen molar-refractivity contribution in [3.63, 3.8) is 0 Å². The van der Waals surface area contributed by atoms with Crippen LogP contribution in [-0.4, -0.2) is 55.5 Å². The van der Waals surface area contributed by atoms with Crippen LogP contribution in [0.1, 0.15) is 31.0 Å². The molecule has 0 aliphatic carbocycles. The third kappa shape index (κ3) is 5.15. The van der Waals surface area contributed by atoms with E-state index in [-0.39, 0.29) is 23.4 Å². The van der Waals surface area contributed by atoms with Crippen molar-refractivity contribution in [3.05, 3.63) is 94.7 Å². The molecule has 12 heteroatoms. The van der Waals surface area contributed by atoms with Crippen LogP contribution in [-0.2, 0) is 14.3 Å². The summed E-state index contributed by atoms with van der Waals surface area (Å²) in [5.41, 5.74) is 2.30. The summed E-state index contributed by atoms with van der Waals surface area (Å²) >= 11 is 1.17. The second-order valence-electron chi connectivity index (χ2n) is 9.18. The van der Waals surface area contributed by atoms with Gasteiger partial charge in [-0.2, -0.15) is 0 Å². The van der Waals surface area contributed by atoms with Gasteiger partial charge < -0.3 is 19.1 Å². The number of thiazole rings is 1. The normalized spacial score (nSPS) is 17.3. The van der Waals surface area contributed by atoms with Gasteiger partial charge in [-0.3, -0.25) is 19.5 Å². The van der Waals surface area contributed by atoms with Gasteiger partial charge in [-0.1, -0.05) is 23.5 Å². The fourth-order valence-corrected chi connectivity index (χ4v) is 5.94. The highest BCUT2D eigenvalue weighted by Gasteiger charge is 2.33. The number of nitro benzene ring substituents is 1. The summed E-state index contributed by atoms with van der Waals surface area (Å²) in [6, 6.07) is 11.0. The number of morpholine rings is 1. The van der Waals surface area contributed by atoms with Crippen molar-refractivity contribution in [2.45, 2.75) is 19.9 Å². The molecule has 2 aromatic carbocycles. The van der Waals surface area contributed by atoms with Crippen molar-refractivity contribution in [1.29, 1.82) is 0 Å². The average molecular weight is 565 g/mol. The van der Waals surface area contributed by atoms with E-state index in [1.54, 1.807) is 57.4 Å². The smallest absolute Gasteiger partial charge is 0.338 e. The Balaban J connectivity index is 1.70. The molecule has 3 aromatic rings. The molecule has 11 nitrogen and oxygen atoms in total. The molecule has 0 bridgehead atoms. The predicted octanol–water partition coefficient (Wildman–Crippen LogP) is 2.55. The van der Waals surface area contributed by atoms with E-state index in [2.05, 4.69) is 9.89 Å². The Morgan fingerprint density at radius 3 is 2.60 bits per heavy atom. The summed E-state index contributed by atoms with van der Waals surface area (Å²) in [4.78, 5) is 45.3. The lowest BCUT2D eigenvalue weighted by atomic mass is 9.96. The lowest BCUT2D eigenvalue weighted by molar-refractivity contribution is -0.384. The van der Waals surface area contributed by atoms with Crippen molar-refractivity contribution in [3.8, 4) is 5.75 Å². The first-order valence-corrected chi connectivity index (χ1v) is 13.6. The Labute approximate surface area is 233 Å². The van der Waals surface area contributed by atoms with Gasteiger partial charge in [0.25, 0.3) is 11.2 Å². The second kappa shape index (κ2) is 11.4. The number of non-ortho nitro benzene ring substituents is 1. The zero-order valence-corrected chi connectivity index (χ0v) is 23.1. The molecule has 0 spiro atoms. The number of methoxy groups -OCH3 is 1. The van der Waals surface area contributed by atoms with E-state index >= 15 is 0 Å². The maximum Gasteiger partial charge on any atom is 0.338 e. The SMILES string of the molecule is CCOC(=O)C1=C(C)N=c2s/c(=C\c3cc([N+](=O)[O-])ccc3N3CCOCC3)c(=O)n2[C@H]1c1ccc(OC)cc1. The number of carbonyl (C=O) groups is 1. The number of rotatable bonds is 7. The number of hydrogen-bond acceptors (Lipinski definition) is 10. The Morgan fingerprint density at radius 2 is 1.95 bits per heavy atom. The quantitative estimate of drug-likeness (QED) is 0.244. The monoisotopic (exact) mass is 564 g/mol. The largest absolute Gasteiger partial charge is 0.497 e. The molecule has 1 atom stereocenters. The highest BCUT2D eigenvalue weighted by atomic mass is 32.1. The number of benzene rings is 2. The molecule has 3 heterocycles. The van der Waals surface area contributed by atoms with Gasteiger partial charge in [-0.05, 0) is 43.7 Å². The summed E-state index contributed by atoms with van der Waals surface area (Å²) in [5, 5.41) is 11.6. The van der Waals surface area contributed by atoms with E-state index in [1.807, 2.05) is 0 Å². The number of esters is 1. The molecule has 0 saturated carbocycles. The number of ether oxygens (including phenoxy) is 3. The molecule has 0 amide bonds. The number of hydrogen-bond donors (Lipinski definition) is 0. The number of nitro groups is 1. The Kier molecular flexibility index (Phi) is 7.81. The summed E-state index contributed by atoms with van der Waals surface area (Å²) in [6.07, 6.45) is 1.66. The standard InChI is InChI=1S/C28H28N4O7S/c1-4-39-27(34)24-17(2)29-28-31(25(24)18-5-8-21(37-3)9-6-18)26(33)23(40-28)16-19-15-20(32(35)36)7-10-22(19)30-11-13-38-14-12-30/h5-10,15-16,25H,4,11-14H2,1-3H3/b23-16-/t25-/m0/s1. The van der Waals surface area contributed by atoms with Crippen LogP contribution in [0.15, 0.2) is 63.5 Å². The van der Waals surface area contributed by atoms with Crippen molar-refractivity contribution in [2.75, 3.05) is 44.9 Å². The lowest BCUT2D eigenvalue weighted by Gasteiger charge is -2.30. The van der Waals surface area contributed by atoms with Gasteiger partial charge in [0, 0.05) is 36.5 Å². The molecule has 5 rings (SSSR count). The van der Waals surface area contributed by atoms with Crippen LogP contribution in [0.4, 0.5) is 11.4 Å². The molecule has 1 saturated heterocycles. The van der Waals surface area contributed by atoms with Crippen molar-refractivity contribution in [2.24, 2.45) is 4.99 Å². The first-order chi connectivity index (χ1) is 19.3. The summed E-state index contributed by atoms with van der Waals surface area (Å²) in [6.45, 7) is 5.94. The minimum Gasteiger partial charge on any atom is -0.497 e. The zero-order chi connectivity index (χ0) is 28.4. The van der Waals surface area contributed by atoms with Crippen LogP contribution in [0, 0.1) is 10.1 Å². The Hall–Kier alpha value is -4.29. The predicted molar refractivity (Wildman–Crippen MR) is 150 cm³/mol. The number of fused-ring (bicyclic) bond motifs is 1. The van der Waals surface area contributed by atoms with Crippen molar-refractivity contribution < 1.29 is 23.9 Å². The maximum absolute atomic E-state index is 14.0. The Morgan fingerprint density at radius 1 is 1.23 bits per heavy atom. The maximum atomic E-state index is 14.0. The van der Waals surface area contributed by atoms with Crippen LogP contribution in [0.5, 0.6) is 5.75 Å². The van der Waals surface area contributed by atoms with Gasteiger partial charge in [0.2, 0.25) is 0 Å². The Bertz CT molecular complexity index is 1670. The van der Waals surface area contributed by atoms with E-state index in [1.165, 1.54) is 28.0 Å². The molecule has 0 radical (unpaired) electrons. The third-order valence-corrected chi connectivity index (χ3v) is 7.79. The molecule has 1 aromatic heterocycles. The van der Waals surface area contributed by atoms with Gasteiger partial charge in [-0.15, -0.1) is 0 Å². The summed E-state index contributed by atoms with van der Waals surface area (Å²) in [7, 11) is 1.56. The topological polar surface area (TPSA) is 126 Å². The first kappa shape index (κ1) is 27.3. The number of anilines is 1. The minimum atomic E-state index is -0.771. The van der Waals surface area contributed by atoms with Crippen molar-refractivity contribution >= 4 is 34.8 Å². The molecular formula is C28H28N4O7S. The highest BCUT2D eigenvalue weighted by molar-refractivity contribution is 7.07. The number of aromatic nitrogens is 1. The van der Waals surface area contributed by atoms with E-state index in [9.17, 15) is 19.7 Å². The van der Waals surface area contributed by atoms with Gasteiger partial charge in [-0.25, -0.2) is 9.79 Å². The number of allylic oxidation sites excluding steroid dienone is 1. The van der Waals surface area contributed by atoms with Crippen molar-refractivity contribution in [1.82, 2.24) is 4.57 Å². The fraction of sp³-hybridized carbons (Fsp3) is 0.321. The van der Waals surface area contributed by atoms with Crippen LogP contribution in [0.3, 0.4) is 0 Å². The van der Waals surface area contributed by atoms with Crippen LogP contribution < -0.4 is 24.5 Å². The van der Waals surface area contributed by atoms with E-state index < -0.39 is 16.9 Å². The molecule has 208 valence electrons. The van der Waals surface area contributed by atoms with E-state index in [0.29, 0.717) is 58.2 Å². The number of carbonyl (C=O) groups excluding carboxylic acids is 1. The molecular weight excluding hydrogens is 536 g/mol. The lowest BCUT2D eigenvalue weighted by Crippen LogP contribution is -2.40. The molecule has 40 heavy (non-hydrogen) atoms. The average Bonchev–Trinajstić information content (AvgIpc) is 3.26. The molecule has 2 aliphatic rings. The molecule has 0 unspecified atom stereocenters. The second-order valence-corrected chi connectivity index (χ2v) is 10.2. The fourth-order valence-electron chi connectivity index (χ4n) is 4.90. The van der Waals surface area contributed by atoms with Gasteiger partial charge in [0.15, 0.2) is 4.80 Å². The van der Waals surface area contributed by atoms with E-state index in [0.717, 1.165) is 5.69 Å². The summed E-state index contributed by atoms with van der Waals surface area (Å²) in [5.74, 6) is 0.0861. The first-order valence-electron chi connectivity index (χ1n) is 12.8. The van der Waals surface area contributed by atoms with Gasteiger partial charge >= 0.3 is 5.97 Å². The zero-order valence-electron chi connectivity index (χ0n) is 22.3. The highest BCUT2D eigenvalue weighted by Crippen LogP contribution is 2.32. The number of nitrogens with zero attached hydrogens (tertiary/aromatic N) is 4. The van der Waals surface area contributed by atoms with Crippen LogP contribution in [0.2, 0.25) is 0 Å². The molecule has 0 N–H and O–H groups in total. The van der Waals surface area contributed by atoms with E-state index in [4.69, 9.17) is 14.2 Å². The van der Waals surface area contributed by atoms with Crippen LogP contribution >= 0.6 is 11.3 Å². The van der Waals surface area contributed by atoms with Gasteiger partial charge in [0.1, 0.15) is 5.75 Å². The van der Waals surface area contributed by atoms with Gasteiger partial charge in [0.05, 0.1) is 53.7 Å². The summed E-state index contributed by atoms with van der Waals surface area (Å²) < 4.78 is 17.9. The minimum absolute atomic E-state index is 0.0763. The molecule has 1 fully saturated rings.